The molecule has 0 fully saturated rings. The summed E-state index contributed by atoms with van der Waals surface area (Å²) in [4.78, 5) is 38.1. The summed E-state index contributed by atoms with van der Waals surface area (Å²) in [6.45, 7) is 10.6. The van der Waals surface area contributed by atoms with E-state index in [1.54, 1.807) is 0 Å². The minimum absolute atomic E-state index is 0.529. The molecule has 12 nitrogen and oxygen atoms in total. The minimum atomic E-state index is 0.529. The van der Waals surface area contributed by atoms with Gasteiger partial charge >= 0.3 is 0 Å². The van der Waals surface area contributed by atoms with E-state index < -0.39 is 0 Å². The van der Waals surface area contributed by atoms with Crippen molar-refractivity contribution in [1.82, 2.24) is 39.9 Å². The van der Waals surface area contributed by atoms with Crippen molar-refractivity contribution in [1.29, 1.82) is 0 Å². The van der Waals surface area contributed by atoms with Crippen LogP contribution >= 0.6 is 0 Å². The number of H-pyrrole nitrogens is 4. The van der Waals surface area contributed by atoms with Gasteiger partial charge in [0.25, 0.3) is 0 Å². The first-order chi connectivity index (χ1) is 73.0. The van der Waals surface area contributed by atoms with Crippen LogP contribution in [0.2, 0.25) is 0 Å². The molecule has 0 amide bonds. The fourth-order valence-corrected chi connectivity index (χ4v) is 20.4. The Hall–Kier alpha value is -19.2. The summed E-state index contributed by atoms with van der Waals surface area (Å²) in [5, 5.41) is 22.7. The smallest absolute Gasteiger partial charge is 0.121 e. The van der Waals surface area contributed by atoms with E-state index >= 15 is 0 Å². The number of ether oxygens (including phenoxy) is 4. The molecule has 0 saturated heterocycles. The van der Waals surface area contributed by atoms with Crippen molar-refractivity contribution in [3.63, 3.8) is 0 Å². The molecule has 36 bridgehead atoms. The molecule has 11 heterocycles. The van der Waals surface area contributed by atoms with Gasteiger partial charge in [-0.25, -0.2) is 19.9 Å². The summed E-state index contributed by atoms with van der Waals surface area (Å²) in [6.07, 6.45) is 20.0. The van der Waals surface area contributed by atoms with Gasteiger partial charge in [0.1, 0.15) is 23.0 Å². The summed E-state index contributed by atoms with van der Waals surface area (Å²) < 4.78 is 26.4. The number of aromatic nitrogens is 8. The van der Waals surface area contributed by atoms with Gasteiger partial charge in [0, 0.05) is 65.9 Å². The summed E-state index contributed by atoms with van der Waals surface area (Å²) in [5.41, 5.74) is 19.9. The molecular formula is C136H96N8O4. The average molecular weight is 1910 g/mol. The first-order valence-corrected chi connectivity index (χ1v) is 50.7. The second kappa shape index (κ2) is 39.2. The van der Waals surface area contributed by atoms with E-state index in [1.807, 2.05) is 24.3 Å². The molecule has 4 N–H and O–H groups in total. The molecule has 0 spiro atoms. The maximum Gasteiger partial charge on any atom is 0.121 e. The van der Waals surface area contributed by atoms with Gasteiger partial charge in [-0.15, -0.1) is 0 Å². The number of rotatable bonds is 16. The van der Waals surface area contributed by atoms with E-state index in [-0.39, 0.29) is 0 Å². The van der Waals surface area contributed by atoms with Crippen LogP contribution in [-0.4, -0.2) is 66.3 Å². The number of benzene rings is 14. The van der Waals surface area contributed by atoms with Crippen LogP contribution in [0, 0.1) is 48.5 Å². The Balaban J connectivity index is 0.752. The Morgan fingerprint density at radius 3 is 0.588 bits per heavy atom. The summed E-state index contributed by atoms with van der Waals surface area (Å²) in [6, 6.07) is 150. The Labute approximate surface area is 856 Å². The van der Waals surface area contributed by atoms with E-state index in [0.717, 1.165) is 268 Å². The van der Waals surface area contributed by atoms with E-state index in [1.165, 1.54) is 0 Å². The van der Waals surface area contributed by atoms with Crippen LogP contribution in [0.25, 0.3) is 267 Å². The molecule has 0 aliphatic carbocycles. The van der Waals surface area contributed by atoms with Crippen LogP contribution < -0.4 is 18.9 Å². The zero-order valence-electron chi connectivity index (χ0n) is 82.0. The summed E-state index contributed by atoms with van der Waals surface area (Å²) in [5.74, 6) is 2.89. The molecule has 21 aromatic rings. The Kier molecular flexibility index (Phi) is 23.9. The van der Waals surface area contributed by atoms with Gasteiger partial charge in [-0.05, 0) is 353 Å². The lowest BCUT2D eigenvalue weighted by molar-refractivity contribution is 0.318. The number of fused-ring (bicyclic) bond motifs is 28. The molecule has 25 rings (SSSR count). The van der Waals surface area contributed by atoms with Crippen LogP contribution in [-0.2, 0) is 0 Å². The first-order valence-electron chi connectivity index (χ1n) is 50.7. The predicted molar refractivity (Wildman–Crippen MR) is 616 cm³/mol. The fraction of sp³-hybridized carbons (Fsp3) is 0.0882. The first kappa shape index (κ1) is 90.1. The second-order valence-corrected chi connectivity index (χ2v) is 37.8. The van der Waals surface area contributed by atoms with Crippen LogP contribution in [0.5, 0.6) is 23.0 Å². The zero-order valence-corrected chi connectivity index (χ0v) is 82.0. The number of nitrogens with one attached hydrogen (secondary N) is 4. The fourth-order valence-electron chi connectivity index (χ4n) is 20.4. The standard InChI is InChI=1S/C136H96N8O4/c1-5-61-145-109-69-85-29-41-113-117-45-53-125(137-117)133(89-21-13-9-14-22-89)127-55-47-119(139-127)114(120-48-56-128(140-120)134(90-23-15-10-16-24-90)126-54-46-118(113)138-126)43-31-87-67-103(83-111(71-87)147-63-7-3)99-39-35-95-74-96-36-40-100(78-108(96)80-107(95)77-99)104-68-88(72-112(84-104)148-64-8-4)32-44-116-123-51-59-131(143-123)135(91-25-17-11-18-26-91)129-57-49-121(141-129)115(122-50-58-130(142-122)136(92-27-19-12-20-28-92)132-60-52-124(116)144-132)42-30-86-66-102(82-110(70-86)146-62-6-2)98-38-34-94-73-93-33-37-97(101(65-85)81-109)75-105(93)79-106(94)76-98/h9-28,33-40,45-60,65-84,137,140-141,144H,5-8,61-64H2,1-4H3. The quantitative estimate of drug-likeness (QED) is 0.0698. The maximum absolute atomic E-state index is 6.61. The molecule has 0 radical (unpaired) electrons. The number of hydrogen-bond donors (Lipinski definition) is 4. The lowest BCUT2D eigenvalue weighted by Crippen LogP contribution is -1.94. The van der Waals surface area contributed by atoms with E-state index in [9.17, 15) is 0 Å². The minimum Gasteiger partial charge on any atom is -0.494 e. The highest BCUT2D eigenvalue weighted by Crippen LogP contribution is 2.42. The monoisotopic (exact) mass is 1900 g/mol. The molecule has 4 aliphatic heterocycles. The molecule has 7 aromatic heterocycles. The topological polar surface area (TPSA) is 152 Å². The Morgan fingerprint density at radius 1 is 0.182 bits per heavy atom. The van der Waals surface area contributed by atoms with Gasteiger partial charge in [0.15, 0.2) is 0 Å². The van der Waals surface area contributed by atoms with Gasteiger partial charge in [0.2, 0.25) is 0 Å². The Morgan fingerprint density at radius 2 is 0.372 bits per heavy atom. The largest absolute Gasteiger partial charge is 0.494 e. The van der Waals surface area contributed by atoms with Crippen LogP contribution in [0.4, 0.5) is 0 Å². The van der Waals surface area contributed by atoms with Crippen molar-refractivity contribution in [3.05, 3.63) is 434 Å². The maximum atomic E-state index is 6.61. The van der Waals surface area contributed by atoms with Gasteiger partial charge in [-0.3, -0.25) is 0 Å². The summed E-state index contributed by atoms with van der Waals surface area (Å²) in [7, 11) is 0. The number of aromatic amines is 4. The zero-order chi connectivity index (χ0) is 99.1. The lowest BCUT2D eigenvalue weighted by Gasteiger charge is -2.07. The molecule has 14 aromatic carbocycles. The normalized spacial score (nSPS) is 11.8. The van der Waals surface area contributed by atoms with Crippen LogP contribution in [0.15, 0.2) is 340 Å². The highest BCUT2D eigenvalue weighted by atomic mass is 16.5. The van der Waals surface area contributed by atoms with Crippen molar-refractivity contribution in [2.75, 3.05) is 26.4 Å². The summed E-state index contributed by atoms with van der Waals surface area (Å²) >= 11 is 0. The van der Waals surface area contributed by atoms with Crippen molar-refractivity contribution in [3.8, 4) is 67.5 Å². The van der Waals surface area contributed by atoms with Gasteiger partial charge in [-0.2, -0.15) is 0 Å². The number of hydrogen-bond acceptors (Lipinski definition) is 8. The molecule has 0 saturated carbocycles. The van der Waals surface area contributed by atoms with Crippen molar-refractivity contribution in [2.45, 2.75) is 53.4 Å². The van der Waals surface area contributed by atoms with Crippen molar-refractivity contribution < 1.29 is 18.9 Å². The Bertz CT molecular complexity index is 8800. The van der Waals surface area contributed by atoms with E-state index in [0.29, 0.717) is 70.7 Å². The van der Waals surface area contributed by atoms with Crippen molar-refractivity contribution in [2.24, 2.45) is 0 Å². The molecule has 0 unspecified atom stereocenters. The molecule has 148 heavy (non-hydrogen) atoms. The highest BCUT2D eigenvalue weighted by Gasteiger charge is 2.21. The SMILES string of the molecule is CCCOc1cc2c#cc3c4nc(c(-c5ccccc5)c5ccc([nH]5)c(c#cc5cc(OCCC)cc(c5)c5ccc6cc7ccc(cc7cc6c5)c5cc(OCCC)cc(c#cc6c7nc(c(-c8ccccc8)c8ccc([nH]8)c(c#cc8cc(OCCC)cc(c8)c8ccc9cc%10ccc(cc%10cc9c8)c(c1)c2)c1nc(c(-c2ccccc2)c2ccc6[nH]2)C=C1)C=C7)c5)c1nc(c(-c2ccccc2)c2ccc3[nH]2)C=C1)C=C4. The van der Waals surface area contributed by atoms with Gasteiger partial charge in [-0.1, -0.05) is 246 Å². The molecule has 12 heteroatoms. The predicted octanol–water partition coefficient (Wildman–Crippen LogP) is 34.7. The van der Waals surface area contributed by atoms with Crippen molar-refractivity contribution >= 4 is 222 Å². The van der Waals surface area contributed by atoms with Gasteiger partial charge < -0.3 is 38.9 Å². The van der Waals surface area contributed by atoms with Crippen LogP contribution in [0.1, 0.15) is 98.9 Å². The average Bonchev–Trinajstić information content (AvgIpc) is 1.51. The third-order valence-corrected chi connectivity index (χ3v) is 27.5. The lowest BCUT2D eigenvalue weighted by atomic mass is 9.99. The highest BCUT2D eigenvalue weighted by molar-refractivity contribution is 6.10. The second-order valence-electron chi connectivity index (χ2n) is 37.8. The third-order valence-electron chi connectivity index (χ3n) is 27.5. The third kappa shape index (κ3) is 18.1. The number of nitrogens with zero attached hydrogens (tertiary/aromatic N) is 4. The van der Waals surface area contributed by atoms with Gasteiger partial charge in [0.05, 0.1) is 116 Å². The van der Waals surface area contributed by atoms with Crippen LogP contribution in [0.3, 0.4) is 0 Å². The molecular weight excluding hydrogens is 1810 g/mol. The molecule has 0 atom stereocenters. The molecule has 704 valence electrons. The van der Waals surface area contributed by atoms with E-state index in [4.69, 9.17) is 38.9 Å². The van der Waals surface area contributed by atoms with E-state index in [2.05, 4.69) is 460 Å². The molecule has 4 aliphatic rings.